The molecule has 2 fully saturated rings. The van der Waals surface area contributed by atoms with Crippen molar-refractivity contribution in [2.24, 2.45) is 0 Å². The third kappa shape index (κ3) is 4.67. The summed E-state index contributed by atoms with van der Waals surface area (Å²) in [6.07, 6.45) is 2.14. The van der Waals surface area contributed by atoms with Crippen molar-refractivity contribution in [2.75, 3.05) is 42.9 Å². The second kappa shape index (κ2) is 10.2. The number of imidazole rings is 1. The molecule has 2 aromatic heterocycles. The number of piperazine rings is 1. The first-order chi connectivity index (χ1) is 19.6. The van der Waals surface area contributed by atoms with Gasteiger partial charge in [-0.2, -0.15) is 0 Å². The second-order valence-corrected chi connectivity index (χ2v) is 11.4. The van der Waals surface area contributed by atoms with Crippen molar-refractivity contribution in [2.45, 2.75) is 25.8 Å². The Kier molecular flexibility index (Phi) is 6.36. The normalized spacial score (nSPS) is 16.1. The first kappa shape index (κ1) is 25.0. The van der Waals surface area contributed by atoms with Gasteiger partial charge in [0, 0.05) is 37.8 Å². The number of anilines is 3. The Labute approximate surface area is 235 Å². The minimum atomic E-state index is -0.262. The van der Waals surface area contributed by atoms with E-state index in [1.54, 1.807) is 24.3 Å². The molecule has 7 rings (SSSR count). The number of hydrogen-bond acceptors (Lipinski definition) is 8. The van der Waals surface area contributed by atoms with Gasteiger partial charge < -0.3 is 24.8 Å². The van der Waals surface area contributed by atoms with E-state index >= 15 is 0 Å². The average molecular weight is 556 g/mol. The van der Waals surface area contributed by atoms with Crippen LogP contribution in [0.4, 0.5) is 20.9 Å². The lowest BCUT2D eigenvalue weighted by molar-refractivity contribution is 0.271. The zero-order valence-electron chi connectivity index (χ0n) is 22.2. The summed E-state index contributed by atoms with van der Waals surface area (Å²) in [5, 5.41) is 23.6. The topological polar surface area (TPSA) is 82.3 Å². The molecule has 2 N–H and O–H groups in total. The van der Waals surface area contributed by atoms with Crippen molar-refractivity contribution in [3.05, 3.63) is 66.5 Å². The number of nitrogens with zero attached hydrogens (tertiary/aromatic N) is 6. The van der Waals surface area contributed by atoms with Crippen molar-refractivity contribution < 1.29 is 9.50 Å². The maximum atomic E-state index is 14.9. The highest BCUT2D eigenvalue weighted by atomic mass is 32.1. The number of rotatable bonds is 7. The van der Waals surface area contributed by atoms with E-state index in [4.69, 9.17) is 4.98 Å². The third-order valence-corrected chi connectivity index (χ3v) is 8.64. The zero-order valence-corrected chi connectivity index (χ0v) is 23.0. The Morgan fingerprint density at radius 2 is 1.82 bits per heavy atom. The van der Waals surface area contributed by atoms with Gasteiger partial charge in [0.2, 0.25) is 5.13 Å². The Morgan fingerprint density at radius 3 is 2.58 bits per heavy atom. The molecule has 8 nitrogen and oxygen atoms in total. The summed E-state index contributed by atoms with van der Waals surface area (Å²) in [4.78, 5) is 9.85. The summed E-state index contributed by atoms with van der Waals surface area (Å²) in [5.41, 5.74) is 5.17. The summed E-state index contributed by atoms with van der Waals surface area (Å²) in [6, 6.07) is 18.5. The van der Waals surface area contributed by atoms with Gasteiger partial charge in [-0.3, -0.25) is 0 Å². The predicted molar refractivity (Wildman–Crippen MR) is 158 cm³/mol. The van der Waals surface area contributed by atoms with Crippen molar-refractivity contribution in [3.8, 4) is 27.7 Å². The third-order valence-electron chi connectivity index (χ3n) is 7.75. The molecular weight excluding hydrogens is 525 g/mol. The Morgan fingerprint density at radius 1 is 1.00 bits per heavy atom. The van der Waals surface area contributed by atoms with Gasteiger partial charge in [0.1, 0.15) is 22.4 Å². The number of likely N-dealkylation sites (N-methyl/N-ethyl adjacent to an activating group) is 1. The molecular formula is C30H30FN7OS. The Bertz CT molecular complexity index is 1690. The molecule has 1 aliphatic carbocycles. The summed E-state index contributed by atoms with van der Waals surface area (Å²) < 4.78 is 17.2. The highest BCUT2D eigenvalue weighted by molar-refractivity contribution is 7.18. The van der Waals surface area contributed by atoms with Crippen LogP contribution in [0.15, 0.2) is 60.7 Å². The van der Waals surface area contributed by atoms with Crippen LogP contribution in [0.2, 0.25) is 0 Å². The van der Waals surface area contributed by atoms with E-state index in [0.29, 0.717) is 22.6 Å². The van der Waals surface area contributed by atoms with E-state index in [1.165, 1.54) is 17.4 Å². The van der Waals surface area contributed by atoms with Gasteiger partial charge in [0.15, 0.2) is 0 Å². The van der Waals surface area contributed by atoms with Gasteiger partial charge in [-0.25, -0.2) is 9.37 Å². The average Bonchev–Trinajstić information content (AvgIpc) is 3.59. The molecule has 1 saturated carbocycles. The minimum Gasteiger partial charge on any atom is -0.508 e. The molecule has 40 heavy (non-hydrogen) atoms. The van der Waals surface area contributed by atoms with Crippen LogP contribution in [0, 0.1) is 5.82 Å². The van der Waals surface area contributed by atoms with Crippen LogP contribution in [0.25, 0.3) is 33.0 Å². The number of halogens is 1. The molecule has 10 heteroatoms. The Hall–Kier alpha value is -4.02. The number of hydrogen-bond donors (Lipinski definition) is 2. The van der Waals surface area contributed by atoms with E-state index in [1.807, 2.05) is 18.2 Å². The fourth-order valence-corrected chi connectivity index (χ4v) is 6.23. The monoisotopic (exact) mass is 555 g/mol. The molecule has 2 aliphatic rings. The molecule has 3 heterocycles. The smallest absolute Gasteiger partial charge is 0.210 e. The van der Waals surface area contributed by atoms with Crippen LogP contribution >= 0.6 is 11.3 Å². The standard InChI is InChI=1S/C30H30FN7OS/c1-2-36-12-14-37(15-13-36)26-18-27-25(32-28(38(27)20-10-11-20)22-8-3-4-9-23(22)31)17-24(26)33-30-35-34-29(40-30)19-6-5-7-21(39)16-19/h3-9,16-18,20,39H,2,10-15H2,1H3,(H,33,35). The fourth-order valence-electron chi connectivity index (χ4n) is 5.48. The van der Waals surface area contributed by atoms with Crippen molar-refractivity contribution in [3.63, 3.8) is 0 Å². The Balaban J connectivity index is 1.32. The number of phenols is 1. The number of aromatic nitrogens is 4. The maximum Gasteiger partial charge on any atom is 0.210 e. The molecule has 5 aromatic rings. The highest BCUT2D eigenvalue weighted by Gasteiger charge is 2.31. The number of phenolic OH excluding ortho intramolecular Hbond substituents is 1. The predicted octanol–water partition coefficient (Wildman–Crippen LogP) is 6.29. The van der Waals surface area contributed by atoms with Gasteiger partial charge in [-0.05, 0) is 55.8 Å². The van der Waals surface area contributed by atoms with E-state index < -0.39 is 0 Å². The second-order valence-electron chi connectivity index (χ2n) is 10.4. The highest BCUT2D eigenvalue weighted by Crippen LogP contribution is 2.44. The summed E-state index contributed by atoms with van der Waals surface area (Å²) >= 11 is 1.43. The van der Waals surface area contributed by atoms with E-state index in [2.05, 4.69) is 48.9 Å². The van der Waals surface area contributed by atoms with E-state index in [9.17, 15) is 9.50 Å². The van der Waals surface area contributed by atoms with Crippen LogP contribution < -0.4 is 10.2 Å². The lowest BCUT2D eigenvalue weighted by atomic mass is 10.2. The lowest BCUT2D eigenvalue weighted by Crippen LogP contribution is -2.46. The van der Waals surface area contributed by atoms with E-state index in [-0.39, 0.29) is 11.6 Å². The molecule has 1 saturated heterocycles. The minimum absolute atomic E-state index is 0.193. The molecule has 0 radical (unpaired) electrons. The number of nitrogens with one attached hydrogen (secondary N) is 1. The van der Waals surface area contributed by atoms with Crippen LogP contribution in [-0.2, 0) is 0 Å². The van der Waals surface area contributed by atoms with Crippen LogP contribution in [0.5, 0.6) is 5.75 Å². The van der Waals surface area contributed by atoms with Crippen molar-refractivity contribution in [1.29, 1.82) is 0 Å². The van der Waals surface area contributed by atoms with E-state index in [0.717, 1.165) is 78.5 Å². The molecule has 0 amide bonds. The zero-order chi connectivity index (χ0) is 27.2. The van der Waals surface area contributed by atoms with Gasteiger partial charge >= 0.3 is 0 Å². The quantitative estimate of drug-likeness (QED) is 0.244. The number of fused-ring (bicyclic) bond motifs is 1. The van der Waals surface area contributed by atoms with Crippen LogP contribution in [0.1, 0.15) is 25.8 Å². The number of benzene rings is 3. The lowest BCUT2D eigenvalue weighted by Gasteiger charge is -2.36. The summed E-state index contributed by atoms with van der Waals surface area (Å²) in [6.45, 7) is 7.06. The van der Waals surface area contributed by atoms with Crippen LogP contribution in [0.3, 0.4) is 0 Å². The maximum absolute atomic E-state index is 14.9. The fraction of sp³-hybridized carbons (Fsp3) is 0.300. The molecule has 0 unspecified atom stereocenters. The van der Waals surface area contributed by atoms with Crippen molar-refractivity contribution in [1.82, 2.24) is 24.6 Å². The SMILES string of the molecule is CCN1CCN(c2cc3c(cc2Nc2nnc(-c4cccc(O)c4)s2)nc(-c2ccccc2F)n3C2CC2)CC1. The molecule has 3 aromatic carbocycles. The van der Waals surface area contributed by atoms with Crippen LogP contribution in [-0.4, -0.2) is 62.5 Å². The molecule has 1 aliphatic heterocycles. The first-order valence-electron chi connectivity index (χ1n) is 13.8. The van der Waals surface area contributed by atoms with Gasteiger partial charge in [-0.1, -0.05) is 42.5 Å². The first-order valence-corrected chi connectivity index (χ1v) is 14.6. The molecule has 204 valence electrons. The number of aromatic hydroxyl groups is 1. The van der Waals surface area contributed by atoms with Gasteiger partial charge in [-0.15, -0.1) is 10.2 Å². The van der Waals surface area contributed by atoms with Gasteiger partial charge in [0.05, 0.1) is 28.0 Å². The van der Waals surface area contributed by atoms with Crippen molar-refractivity contribution >= 4 is 38.9 Å². The van der Waals surface area contributed by atoms with Gasteiger partial charge in [0.25, 0.3) is 0 Å². The summed E-state index contributed by atoms with van der Waals surface area (Å²) in [7, 11) is 0. The summed E-state index contributed by atoms with van der Waals surface area (Å²) in [5.74, 6) is 0.608. The molecule has 0 spiro atoms. The molecule has 0 atom stereocenters. The largest absolute Gasteiger partial charge is 0.508 e. The molecule has 0 bridgehead atoms.